The molecule has 1 heterocycles. The Bertz CT molecular complexity index is 779. The van der Waals surface area contributed by atoms with Crippen molar-refractivity contribution in [2.75, 3.05) is 38.1 Å². The Morgan fingerprint density at radius 3 is 2.36 bits per heavy atom. The van der Waals surface area contributed by atoms with Gasteiger partial charge in [0.2, 0.25) is 5.91 Å². The van der Waals surface area contributed by atoms with Crippen molar-refractivity contribution in [2.24, 2.45) is 0 Å². The summed E-state index contributed by atoms with van der Waals surface area (Å²) in [7, 11) is 0. The lowest BCUT2D eigenvalue weighted by molar-refractivity contribution is -0.115. The molecule has 0 atom stereocenters. The number of nitrogens with one attached hydrogen (secondary N) is 2. The molecular weight excluding hydrogens is 358 g/mol. The number of hydrogen-bond donors (Lipinski definition) is 2. The first-order chi connectivity index (χ1) is 13.4. The maximum absolute atomic E-state index is 12.1. The Balaban J connectivity index is 1.76. The number of carbonyl (C=O) groups excluding carboxylic acids is 2. The molecule has 0 saturated carbocycles. The van der Waals surface area contributed by atoms with Crippen LogP contribution in [0.25, 0.3) is 0 Å². The summed E-state index contributed by atoms with van der Waals surface area (Å²) in [5.41, 5.74) is 1.09. The van der Waals surface area contributed by atoms with Crippen LogP contribution in [0.3, 0.4) is 0 Å². The van der Waals surface area contributed by atoms with Gasteiger partial charge >= 0.3 is 0 Å². The molecule has 28 heavy (non-hydrogen) atoms. The first-order valence-corrected chi connectivity index (χ1v) is 9.53. The van der Waals surface area contributed by atoms with E-state index in [0.717, 1.165) is 25.4 Å². The van der Waals surface area contributed by atoms with Gasteiger partial charge in [0.15, 0.2) is 0 Å². The maximum atomic E-state index is 12.1. The maximum Gasteiger partial charge on any atom is 0.255 e. The van der Waals surface area contributed by atoms with Crippen molar-refractivity contribution in [2.45, 2.75) is 27.7 Å². The Hall–Kier alpha value is -2.80. The summed E-state index contributed by atoms with van der Waals surface area (Å²) in [4.78, 5) is 26.4. The van der Waals surface area contributed by atoms with Crippen molar-refractivity contribution >= 4 is 17.5 Å². The number of carbonyl (C=O) groups is 2. The highest BCUT2D eigenvalue weighted by atomic mass is 16.5. The summed E-state index contributed by atoms with van der Waals surface area (Å²) < 4.78 is 11.0. The highest BCUT2D eigenvalue weighted by molar-refractivity contribution is 5.99. The number of nitrogens with zero attached hydrogens (tertiary/aromatic N) is 1. The molecule has 0 saturated heterocycles. The van der Waals surface area contributed by atoms with E-state index in [9.17, 15) is 9.59 Å². The zero-order valence-corrected chi connectivity index (χ0v) is 17.0. The van der Waals surface area contributed by atoms with Crippen LogP contribution in [-0.2, 0) is 4.79 Å². The molecule has 0 aliphatic rings. The van der Waals surface area contributed by atoms with Crippen LogP contribution < -0.4 is 15.4 Å². The van der Waals surface area contributed by atoms with E-state index in [-0.39, 0.29) is 18.4 Å². The second-order valence-corrected chi connectivity index (χ2v) is 6.46. The van der Waals surface area contributed by atoms with Gasteiger partial charge in [-0.25, -0.2) is 0 Å². The zero-order valence-electron chi connectivity index (χ0n) is 17.0. The Kier molecular flexibility index (Phi) is 8.07. The summed E-state index contributed by atoms with van der Waals surface area (Å²) in [6, 6.07) is 8.83. The molecule has 2 aromatic rings. The van der Waals surface area contributed by atoms with Gasteiger partial charge in [0, 0.05) is 12.2 Å². The van der Waals surface area contributed by atoms with Gasteiger partial charge in [-0.3, -0.25) is 9.59 Å². The molecule has 0 aliphatic carbocycles. The van der Waals surface area contributed by atoms with E-state index in [2.05, 4.69) is 29.4 Å². The number of anilines is 1. The molecule has 0 bridgehead atoms. The second-order valence-electron chi connectivity index (χ2n) is 6.46. The molecule has 0 aliphatic heterocycles. The average molecular weight is 387 g/mol. The van der Waals surface area contributed by atoms with E-state index >= 15 is 0 Å². The van der Waals surface area contributed by atoms with Crippen LogP contribution in [0.1, 0.15) is 35.7 Å². The van der Waals surface area contributed by atoms with Crippen LogP contribution in [0, 0.1) is 13.8 Å². The normalized spacial score (nSPS) is 10.8. The highest BCUT2D eigenvalue weighted by Crippen LogP contribution is 2.16. The molecule has 152 valence electrons. The van der Waals surface area contributed by atoms with E-state index in [1.165, 1.54) is 0 Å². The Labute approximate surface area is 166 Å². The molecule has 7 nitrogen and oxygen atoms in total. The van der Waals surface area contributed by atoms with Gasteiger partial charge in [-0.1, -0.05) is 13.8 Å². The molecule has 2 amide bonds. The average Bonchev–Trinajstić information content (AvgIpc) is 3.03. The van der Waals surface area contributed by atoms with E-state index in [0.29, 0.717) is 29.4 Å². The smallest absolute Gasteiger partial charge is 0.255 e. The quantitative estimate of drug-likeness (QED) is 0.655. The molecule has 0 radical (unpaired) electrons. The third-order valence-electron chi connectivity index (χ3n) is 4.40. The summed E-state index contributed by atoms with van der Waals surface area (Å²) in [5.74, 6) is 1.31. The predicted octanol–water partition coefficient (Wildman–Crippen LogP) is 2.99. The standard InChI is InChI=1S/C21H29N3O4/c1-5-24(6-2)11-12-27-18-9-7-17(8-10-18)23-20(25)14-22-21(26)19-13-15(3)28-16(19)4/h7-10,13H,5-6,11-12,14H2,1-4H3,(H,22,26)(H,23,25). The number of rotatable bonds is 10. The fraction of sp³-hybridized carbons (Fsp3) is 0.429. The van der Waals surface area contributed by atoms with E-state index in [1.807, 2.05) is 12.1 Å². The third-order valence-corrected chi connectivity index (χ3v) is 4.40. The predicted molar refractivity (Wildman–Crippen MR) is 109 cm³/mol. The zero-order chi connectivity index (χ0) is 20.5. The fourth-order valence-electron chi connectivity index (χ4n) is 2.78. The minimum Gasteiger partial charge on any atom is -0.492 e. The number of furan rings is 1. The van der Waals surface area contributed by atoms with Gasteiger partial charge in [-0.2, -0.15) is 0 Å². The van der Waals surface area contributed by atoms with Gasteiger partial charge in [0.1, 0.15) is 23.9 Å². The molecule has 0 spiro atoms. The van der Waals surface area contributed by atoms with Crippen molar-refractivity contribution in [1.82, 2.24) is 10.2 Å². The molecule has 0 unspecified atom stereocenters. The summed E-state index contributed by atoms with van der Waals surface area (Å²) >= 11 is 0. The first kappa shape index (κ1) is 21.5. The molecular formula is C21H29N3O4. The molecule has 7 heteroatoms. The number of aryl methyl sites for hydroxylation is 2. The van der Waals surface area contributed by atoms with Crippen molar-refractivity contribution in [3.63, 3.8) is 0 Å². The van der Waals surface area contributed by atoms with E-state index < -0.39 is 0 Å². The van der Waals surface area contributed by atoms with Crippen molar-refractivity contribution in [1.29, 1.82) is 0 Å². The van der Waals surface area contributed by atoms with Gasteiger partial charge < -0.3 is 24.7 Å². The number of ether oxygens (including phenoxy) is 1. The Morgan fingerprint density at radius 2 is 1.79 bits per heavy atom. The third kappa shape index (κ3) is 6.42. The van der Waals surface area contributed by atoms with Gasteiger partial charge in [-0.05, 0) is 57.3 Å². The van der Waals surface area contributed by atoms with E-state index in [1.54, 1.807) is 32.0 Å². The van der Waals surface area contributed by atoms with Crippen LogP contribution in [0.2, 0.25) is 0 Å². The van der Waals surface area contributed by atoms with Crippen molar-refractivity contribution in [3.05, 3.63) is 47.4 Å². The lowest BCUT2D eigenvalue weighted by Crippen LogP contribution is -2.32. The number of hydrogen-bond acceptors (Lipinski definition) is 5. The molecule has 2 rings (SSSR count). The minimum absolute atomic E-state index is 0.120. The number of amides is 2. The molecule has 1 aromatic heterocycles. The number of benzene rings is 1. The molecule has 2 N–H and O–H groups in total. The molecule has 1 aromatic carbocycles. The minimum atomic E-state index is -0.332. The van der Waals surface area contributed by atoms with Crippen LogP contribution in [-0.4, -0.2) is 49.5 Å². The Morgan fingerprint density at radius 1 is 1.11 bits per heavy atom. The molecule has 0 fully saturated rings. The van der Waals surface area contributed by atoms with Crippen LogP contribution in [0.4, 0.5) is 5.69 Å². The van der Waals surface area contributed by atoms with Crippen molar-refractivity contribution in [3.8, 4) is 5.75 Å². The lowest BCUT2D eigenvalue weighted by atomic mass is 10.2. The van der Waals surface area contributed by atoms with Gasteiger partial charge in [0.05, 0.1) is 12.1 Å². The largest absolute Gasteiger partial charge is 0.492 e. The monoisotopic (exact) mass is 387 g/mol. The summed E-state index contributed by atoms with van der Waals surface area (Å²) in [6.07, 6.45) is 0. The van der Waals surface area contributed by atoms with Crippen LogP contribution in [0.5, 0.6) is 5.75 Å². The second kappa shape index (κ2) is 10.5. The SMILES string of the molecule is CCN(CC)CCOc1ccc(NC(=O)CNC(=O)c2cc(C)oc2C)cc1. The first-order valence-electron chi connectivity index (χ1n) is 9.53. The highest BCUT2D eigenvalue weighted by Gasteiger charge is 2.14. The lowest BCUT2D eigenvalue weighted by Gasteiger charge is -2.18. The van der Waals surface area contributed by atoms with Crippen LogP contribution in [0.15, 0.2) is 34.7 Å². The summed E-state index contributed by atoms with van der Waals surface area (Å²) in [6.45, 7) is 11.1. The van der Waals surface area contributed by atoms with Crippen LogP contribution >= 0.6 is 0 Å². The topological polar surface area (TPSA) is 83.8 Å². The van der Waals surface area contributed by atoms with Gasteiger partial charge in [0.25, 0.3) is 5.91 Å². The number of likely N-dealkylation sites (N-methyl/N-ethyl adjacent to an activating group) is 1. The summed E-state index contributed by atoms with van der Waals surface area (Å²) in [5, 5.41) is 5.34. The van der Waals surface area contributed by atoms with Gasteiger partial charge in [-0.15, -0.1) is 0 Å². The van der Waals surface area contributed by atoms with Crippen molar-refractivity contribution < 1.29 is 18.7 Å². The fourth-order valence-corrected chi connectivity index (χ4v) is 2.78. The van der Waals surface area contributed by atoms with E-state index in [4.69, 9.17) is 9.15 Å².